The first-order valence-electron chi connectivity index (χ1n) is 8.10. The molecular weight excluding hydrogens is 423 g/mol. The van der Waals surface area contributed by atoms with Crippen LogP contribution in [0, 0.1) is 5.41 Å². The van der Waals surface area contributed by atoms with Crippen molar-refractivity contribution in [3.8, 4) is 0 Å². The molecule has 1 aliphatic heterocycles. The van der Waals surface area contributed by atoms with Crippen LogP contribution in [0.1, 0.15) is 5.56 Å². The van der Waals surface area contributed by atoms with Crippen molar-refractivity contribution in [2.45, 2.75) is 4.90 Å². The molecule has 0 fully saturated rings. The maximum atomic E-state index is 12.6. The van der Waals surface area contributed by atoms with Crippen LogP contribution in [0.15, 0.2) is 64.1 Å². The van der Waals surface area contributed by atoms with Crippen molar-refractivity contribution >= 4 is 56.3 Å². The smallest absolute Gasteiger partial charge is 0.261 e. The summed E-state index contributed by atoms with van der Waals surface area (Å²) in [5.41, 5.74) is 1.77. The van der Waals surface area contributed by atoms with Gasteiger partial charge in [0.05, 0.1) is 23.4 Å². The number of sulfonamides is 1. The molecule has 0 spiro atoms. The molecule has 0 aliphatic carbocycles. The van der Waals surface area contributed by atoms with E-state index in [-0.39, 0.29) is 14.9 Å². The number of benzene rings is 2. The summed E-state index contributed by atoms with van der Waals surface area (Å²) in [5, 5.41) is 11.9. The van der Waals surface area contributed by atoms with Gasteiger partial charge in [-0.3, -0.25) is 10.1 Å². The molecule has 3 N–H and O–H groups in total. The Hall–Kier alpha value is -2.68. The Bertz CT molecular complexity index is 1140. The number of hydrogen-bond donors (Lipinski definition) is 3. The molecule has 4 rings (SSSR count). The summed E-state index contributed by atoms with van der Waals surface area (Å²) < 4.78 is 32.9. The standard InChI is InChI=1S/C18H14Cl2N4O3S/c19-11-7-12(20)9-15(8-11)28(25,26)23-13-1-3-14(4-2-13)24-10-22-18-16(17(24)21)5-6-27-18/h1-9,21-23H,10H2. The molecule has 10 heteroatoms. The third-order valence-electron chi connectivity index (χ3n) is 4.17. The van der Waals surface area contributed by atoms with Crippen molar-refractivity contribution in [1.82, 2.24) is 0 Å². The topological polar surface area (TPSA) is 98.4 Å². The van der Waals surface area contributed by atoms with E-state index in [1.807, 2.05) is 0 Å². The van der Waals surface area contributed by atoms with Gasteiger partial charge in [0, 0.05) is 21.4 Å². The van der Waals surface area contributed by atoms with Crippen LogP contribution in [-0.4, -0.2) is 20.9 Å². The van der Waals surface area contributed by atoms with Gasteiger partial charge in [-0.25, -0.2) is 8.42 Å². The average molecular weight is 437 g/mol. The summed E-state index contributed by atoms with van der Waals surface area (Å²) in [6, 6.07) is 12.5. The van der Waals surface area contributed by atoms with E-state index in [4.69, 9.17) is 33.0 Å². The molecule has 0 bridgehead atoms. The SMILES string of the molecule is N=C1c2ccoc2NCN1c1ccc(NS(=O)(=O)c2cc(Cl)cc(Cl)c2)cc1. The molecule has 0 unspecified atom stereocenters. The lowest BCUT2D eigenvalue weighted by molar-refractivity contribution is 0.577. The fourth-order valence-electron chi connectivity index (χ4n) is 2.84. The first kappa shape index (κ1) is 18.7. The fraction of sp³-hybridized carbons (Fsp3) is 0.0556. The molecule has 0 atom stereocenters. The number of anilines is 3. The maximum Gasteiger partial charge on any atom is 0.261 e. The lowest BCUT2D eigenvalue weighted by atomic mass is 10.2. The number of hydrogen-bond acceptors (Lipinski definition) is 5. The Labute approximate surface area is 171 Å². The van der Waals surface area contributed by atoms with Crippen molar-refractivity contribution in [3.63, 3.8) is 0 Å². The fourth-order valence-corrected chi connectivity index (χ4v) is 4.62. The highest BCUT2D eigenvalue weighted by Crippen LogP contribution is 2.29. The first-order chi connectivity index (χ1) is 13.3. The highest BCUT2D eigenvalue weighted by molar-refractivity contribution is 7.92. The van der Waals surface area contributed by atoms with Crippen molar-refractivity contribution in [2.75, 3.05) is 21.6 Å². The molecule has 7 nitrogen and oxygen atoms in total. The van der Waals surface area contributed by atoms with E-state index in [1.54, 1.807) is 35.2 Å². The molecule has 0 saturated carbocycles. The quantitative estimate of drug-likeness (QED) is 0.554. The lowest BCUT2D eigenvalue weighted by Gasteiger charge is -2.29. The molecular formula is C18H14Cl2N4O3S. The predicted octanol–water partition coefficient (Wildman–Crippen LogP) is 4.60. The predicted molar refractivity (Wildman–Crippen MR) is 110 cm³/mol. The largest absolute Gasteiger partial charge is 0.448 e. The number of rotatable bonds is 4. The molecule has 144 valence electrons. The van der Waals surface area contributed by atoms with Gasteiger partial charge >= 0.3 is 0 Å². The van der Waals surface area contributed by atoms with E-state index in [9.17, 15) is 8.42 Å². The minimum absolute atomic E-state index is 0.0245. The third-order valence-corrected chi connectivity index (χ3v) is 5.96. The maximum absolute atomic E-state index is 12.6. The van der Waals surface area contributed by atoms with Crippen LogP contribution in [0.5, 0.6) is 0 Å². The molecule has 1 aromatic heterocycles. The van der Waals surface area contributed by atoms with Crippen LogP contribution < -0.4 is 14.9 Å². The number of fused-ring (bicyclic) bond motifs is 1. The van der Waals surface area contributed by atoms with Gasteiger partial charge in [-0.2, -0.15) is 0 Å². The van der Waals surface area contributed by atoms with Gasteiger partial charge in [0.2, 0.25) is 5.88 Å². The Morgan fingerprint density at radius 2 is 1.75 bits per heavy atom. The second-order valence-corrected chi connectivity index (χ2v) is 8.59. The van der Waals surface area contributed by atoms with Crippen LogP contribution in [0.2, 0.25) is 10.0 Å². The van der Waals surface area contributed by atoms with Crippen LogP contribution in [0.25, 0.3) is 0 Å². The van der Waals surface area contributed by atoms with Gasteiger partial charge in [0.15, 0.2) is 0 Å². The Morgan fingerprint density at radius 3 is 2.43 bits per heavy atom. The molecule has 0 saturated heterocycles. The van der Waals surface area contributed by atoms with Gasteiger partial charge in [-0.15, -0.1) is 0 Å². The Balaban J connectivity index is 1.55. The lowest BCUT2D eigenvalue weighted by Crippen LogP contribution is -2.39. The molecule has 0 amide bonds. The number of halogens is 2. The van der Waals surface area contributed by atoms with Crippen LogP contribution >= 0.6 is 23.2 Å². The summed E-state index contributed by atoms with van der Waals surface area (Å²) in [6.45, 7) is 0.367. The van der Waals surface area contributed by atoms with Crippen LogP contribution in [0.3, 0.4) is 0 Å². The zero-order valence-corrected chi connectivity index (χ0v) is 16.6. The zero-order chi connectivity index (χ0) is 19.9. The van der Waals surface area contributed by atoms with E-state index in [0.717, 1.165) is 5.69 Å². The van der Waals surface area contributed by atoms with Crippen LogP contribution in [0.4, 0.5) is 17.3 Å². The van der Waals surface area contributed by atoms with Gasteiger partial charge in [-0.1, -0.05) is 23.2 Å². The van der Waals surface area contributed by atoms with Crippen LogP contribution in [-0.2, 0) is 10.0 Å². The van der Waals surface area contributed by atoms with E-state index in [1.165, 1.54) is 24.5 Å². The van der Waals surface area contributed by atoms with E-state index >= 15 is 0 Å². The normalized spacial score (nSPS) is 13.8. The van der Waals surface area contributed by atoms with Crippen molar-refractivity contribution in [2.24, 2.45) is 0 Å². The second kappa shape index (κ2) is 7.05. The summed E-state index contributed by atoms with van der Waals surface area (Å²) in [7, 11) is -3.84. The molecule has 0 radical (unpaired) electrons. The van der Waals surface area contributed by atoms with Gasteiger partial charge in [-0.05, 0) is 48.5 Å². The number of amidine groups is 1. The molecule has 28 heavy (non-hydrogen) atoms. The highest BCUT2D eigenvalue weighted by Gasteiger charge is 2.24. The monoisotopic (exact) mass is 436 g/mol. The van der Waals surface area contributed by atoms with Crippen molar-refractivity contribution in [3.05, 3.63) is 70.4 Å². The van der Waals surface area contributed by atoms with Crippen molar-refractivity contribution in [1.29, 1.82) is 5.41 Å². The Kier molecular flexibility index (Phi) is 4.70. The van der Waals surface area contributed by atoms with E-state index < -0.39 is 10.0 Å². The summed E-state index contributed by atoms with van der Waals surface area (Å²) in [4.78, 5) is 1.72. The van der Waals surface area contributed by atoms with E-state index in [2.05, 4.69) is 10.0 Å². The number of furan rings is 1. The number of nitrogens with one attached hydrogen (secondary N) is 3. The van der Waals surface area contributed by atoms with Crippen molar-refractivity contribution < 1.29 is 12.8 Å². The second-order valence-electron chi connectivity index (χ2n) is 6.03. The molecule has 2 heterocycles. The van der Waals surface area contributed by atoms with E-state index in [0.29, 0.717) is 29.6 Å². The average Bonchev–Trinajstić information content (AvgIpc) is 3.12. The summed E-state index contributed by atoms with van der Waals surface area (Å²) >= 11 is 11.8. The van der Waals surface area contributed by atoms with Gasteiger partial charge < -0.3 is 14.6 Å². The highest BCUT2D eigenvalue weighted by atomic mass is 35.5. The van der Waals surface area contributed by atoms with Gasteiger partial charge in [0.25, 0.3) is 10.0 Å². The Morgan fingerprint density at radius 1 is 1.07 bits per heavy atom. The number of nitrogens with zero attached hydrogens (tertiary/aromatic N) is 1. The minimum atomic E-state index is -3.84. The molecule has 3 aromatic rings. The van der Waals surface area contributed by atoms with Gasteiger partial charge in [0.1, 0.15) is 5.84 Å². The summed E-state index contributed by atoms with van der Waals surface area (Å²) in [6.07, 6.45) is 1.52. The molecule has 1 aliphatic rings. The minimum Gasteiger partial charge on any atom is -0.448 e. The molecule has 2 aromatic carbocycles. The zero-order valence-electron chi connectivity index (χ0n) is 14.2. The first-order valence-corrected chi connectivity index (χ1v) is 10.3. The summed E-state index contributed by atoms with van der Waals surface area (Å²) in [5.74, 6) is 0.857. The third kappa shape index (κ3) is 3.54.